The van der Waals surface area contributed by atoms with E-state index in [1.54, 1.807) is 6.07 Å². The van der Waals surface area contributed by atoms with Gasteiger partial charge in [0, 0.05) is 4.88 Å². The molecule has 1 unspecified atom stereocenters. The summed E-state index contributed by atoms with van der Waals surface area (Å²) in [5.74, 6) is -1.66. The number of carboxylic acid groups (broad SMARTS) is 1. The molecular formula is C12H8BrFO3S2. The molecule has 7 heteroatoms. The van der Waals surface area contributed by atoms with Crippen LogP contribution in [0.1, 0.15) is 15.2 Å². The zero-order chi connectivity index (χ0) is 14.0. The largest absolute Gasteiger partial charge is 0.478 e. The van der Waals surface area contributed by atoms with Crippen molar-refractivity contribution in [1.29, 1.82) is 0 Å². The van der Waals surface area contributed by atoms with Crippen molar-refractivity contribution < 1.29 is 18.5 Å². The van der Waals surface area contributed by atoms with Gasteiger partial charge in [0.25, 0.3) is 0 Å². The van der Waals surface area contributed by atoms with Crippen molar-refractivity contribution in [3.8, 4) is 0 Å². The lowest BCUT2D eigenvalue weighted by Gasteiger charge is -2.04. The van der Waals surface area contributed by atoms with Gasteiger partial charge in [0.2, 0.25) is 0 Å². The van der Waals surface area contributed by atoms with Gasteiger partial charge in [0.15, 0.2) is 0 Å². The first-order valence-electron chi connectivity index (χ1n) is 5.13. The van der Waals surface area contributed by atoms with E-state index in [0.717, 1.165) is 26.9 Å². The van der Waals surface area contributed by atoms with Crippen molar-refractivity contribution in [3.63, 3.8) is 0 Å². The van der Waals surface area contributed by atoms with Crippen molar-refractivity contribution >= 4 is 44.0 Å². The maximum Gasteiger partial charge on any atom is 0.335 e. The fraction of sp³-hybridized carbons (Fsp3) is 0.0833. The highest BCUT2D eigenvalue weighted by Gasteiger charge is 2.15. The quantitative estimate of drug-likeness (QED) is 0.902. The van der Waals surface area contributed by atoms with Crippen molar-refractivity contribution in [2.45, 2.75) is 10.6 Å². The summed E-state index contributed by atoms with van der Waals surface area (Å²) in [5.41, 5.74) is -0.0721. The first-order chi connectivity index (χ1) is 8.97. The van der Waals surface area contributed by atoms with Gasteiger partial charge in [-0.25, -0.2) is 9.18 Å². The van der Waals surface area contributed by atoms with Crippen LogP contribution in [-0.2, 0) is 16.6 Å². The lowest BCUT2D eigenvalue weighted by atomic mass is 10.2. The summed E-state index contributed by atoms with van der Waals surface area (Å²) < 4.78 is 26.6. The van der Waals surface area contributed by atoms with E-state index in [9.17, 15) is 13.4 Å². The first-order valence-corrected chi connectivity index (χ1v) is 8.05. The molecular weight excluding hydrogens is 355 g/mol. The third-order valence-electron chi connectivity index (χ3n) is 2.33. The van der Waals surface area contributed by atoms with E-state index in [1.807, 2.05) is 6.07 Å². The number of halogens is 2. The fourth-order valence-electron chi connectivity index (χ4n) is 1.45. The highest BCUT2D eigenvalue weighted by atomic mass is 79.9. The molecule has 2 aromatic rings. The highest BCUT2D eigenvalue weighted by Crippen LogP contribution is 2.25. The molecule has 0 aliphatic carbocycles. The molecule has 0 spiro atoms. The monoisotopic (exact) mass is 362 g/mol. The topological polar surface area (TPSA) is 54.4 Å². The van der Waals surface area contributed by atoms with Crippen LogP contribution in [0.4, 0.5) is 4.39 Å². The Hall–Kier alpha value is -1.05. The normalized spacial score (nSPS) is 12.3. The number of carboxylic acids is 1. The van der Waals surface area contributed by atoms with Gasteiger partial charge in [-0.15, -0.1) is 11.3 Å². The Morgan fingerprint density at radius 2 is 2.11 bits per heavy atom. The molecule has 1 N–H and O–H groups in total. The Morgan fingerprint density at radius 3 is 2.68 bits per heavy atom. The molecule has 0 aliphatic rings. The molecule has 0 amide bonds. The SMILES string of the molecule is O=C(O)c1ccc(F)c(S(=O)Cc2ccc(Br)s2)c1. The smallest absolute Gasteiger partial charge is 0.335 e. The third-order valence-corrected chi connectivity index (χ3v) is 5.51. The van der Waals surface area contributed by atoms with E-state index < -0.39 is 22.6 Å². The molecule has 19 heavy (non-hydrogen) atoms. The first kappa shape index (κ1) is 14.4. The molecule has 2 rings (SSSR count). The van der Waals surface area contributed by atoms with Crippen molar-refractivity contribution in [2.75, 3.05) is 0 Å². The van der Waals surface area contributed by atoms with Crippen LogP contribution in [0.25, 0.3) is 0 Å². The van der Waals surface area contributed by atoms with E-state index in [0.29, 0.717) is 0 Å². The van der Waals surface area contributed by atoms with Crippen LogP contribution in [-0.4, -0.2) is 15.3 Å². The zero-order valence-electron chi connectivity index (χ0n) is 9.43. The van der Waals surface area contributed by atoms with Crippen molar-refractivity contribution in [3.05, 3.63) is 50.4 Å². The predicted molar refractivity (Wildman–Crippen MR) is 75.5 cm³/mol. The molecule has 0 saturated carbocycles. The molecule has 1 heterocycles. The second-order valence-electron chi connectivity index (χ2n) is 3.65. The van der Waals surface area contributed by atoms with Crippen LogP contribution in [0.2, 0.25) is 0 Å². The second-order valence-corrected chi connectivity index (χ2v) is 7.61. The molecule has 0 saturated heterocycles. The van der Waals surface area contributed by atoms with E-state index >= 15 is 0 Å². The van der Waals surface area contributed by atoms with Gasteiger partial charge in [-0.2, -0.15) is 0 Å². The molecule has 1 aromatic carbocycles. The zero-order valence-corrected chi connectivity index (χ0v) is 12.6. The van der Waals surface area contributed by atoms with Crippen LogP contribution in [0.5, 0.6) is 0 Å². The van der Waals surface area contributed by atoms with Crippen molar-refractivity contribution in [1.82, 2.24) is 0 Å². The Balaban J connectivity index is 2.27. The number of aromatic carboxylic acids is 1. The summed E-state index contributed by atoms with van der Waals surface area (Å²) >= 11 is 4.70. The number of hydrogen-bond acceptors (Lipinski definition) is 3. The molecule has 0 aliphatic heterocycles. The van der Waals surface area contributed by atoms with Gasteiger partial charge in [0.1, 0.15) is 5.82 Å². The van der Waals surface area contributed by atoms with Crippen LogP contribution >= 0.6 is 27.3 Å². The highest BCUT2D eigenvalue weighted by molar-refractivity contribution is 9.11. The maximum absolute atomic E-state index is 13.6. The molecule has 3 nitrogen and oxygen atoms in total. The number of thiophene rings is 1. The van der Waals surface area contributed by atoms with Gasteiger partial charge in [-0.3, -0.25) is 4.21 Å². The van der Waals surface area contributed by atoms with E-state index in [1.165, 1.54) is 11.3 Å². The van der Waals surface area contributed by atoms with Gasteiger partial charge >= 0.3 is 5.97 Å². The van der Waals surface area contributed by atoms with Crippen LogP contribution in [0.3, 0.4) is 0 Å². The lowest BCUT2D eigenvalue weighted by molar-refractivity contribution is 0.0696. The summed E-state index contributed by atoms with van der Waals surface area (Å²) in [5, 5.41) is 8.85. The Labute approximate surface area is 123 Å². The maximum atomic E-state index is 13.6. The number of carbonyl (C=O) groups is 1. The standard InChI is InChI=1S/C12H8BrFO3S2/c13-11-4-2-8(18-11)6-19(17)10-5-7(12(15)16)1-3-9(10)14/h1-5H,6H2,(H,15,16). The van der Waals surface area contributed by atoms with E-state index in [-0.39, 0.29) is 16.2 Å². The second kappa shape index (κ2) is 5.94. The molecule has 1 aromatic heterocycles. The van der Waals surface area contributed by atoms with Crippen LogP contribution in [0, 0.1) is 5.82 Å². The summed E-state index contributed by atoms with van der Waals surface area (Å²) in [6, 6.07) is 6.92. The molecule has 0 bridgehead atoms. The summed E-state index contributed by atoms with van der Waals surface area (Å²) in [7, 11) is -1.61. The Bertz CT molecular complexity index is 654. The Kier molecular flexibility index (Phi) is 4.49. The number of benzene rings is 1. The minimum atomic E-state index is -1.61. The third kappa shape index (κ3) is 3.49. The molecule has 100 valence electrons. The molecule has 0 fully saturated rings. The van der Waals surface area contributed by atoms with Crippen LogP contribution < -0.4 is 0 Å². The average Bonchev–Trinajstić information content (AvgIpc) is 2.74. The van der Waals surface area contributed by atoms with E-state index in [2.05, 4.69) is 15.9 Å². The van der Waals surface area contributed by atoms with Crippen molar-refractivity contribution in [2.24, 2.45) is 0 Å². The minimum Gasteiger partial charge on any atom is -0.478 e. The summed E-state index contributed by atoms with van der Waals surface area (Å²) in [6.45, 7) is 0. The molecule has 0 radical (unpaired) electrons. The van der Waals surface area contributed by atoms with Gasteiger partial charge in [-0.1, -0.05) is 0 Å². The summed E-state index contributed by atoms with van der Waals surface area (Å²) in [6.07, 6.45) is 0. The number of hydrogen-bond donors (Lipinski definition) is 1. The lowest BCUT2D eigenvalue weighted by Crippen LogP contribution is -2.03. The predicted octanol–water partition coefficient (Wildman–Crippen LogP) is 3.66. The van der Waals surface area contributed by atoms with Gasteiger partial charge in [0.05, 0.1) is 30.8 Å². The number of rotatable bonds is 4. The van der Waals surface area contributed by atoms with E-state index in [4.69, 9.17) is 5.11 Å². The molecule has 1 atom stereocenters. The van der Waals surface area contributed by atoms with Crippen LogP contribution in [0.15, 0.2) is 39.0 Å². The fourth-order valence-corrected chi connectivity index (χ4v) is 4.34. The van der Waals surface area contributed by atoms with Gasteiger partial charge < -0.3 is 5.11 Å². The Morgan fingerprint density at radius 1 is 1.37 bits per heavy atom. The van der Waals surface area contributed by atoms with Gasteiger partial charge in [-0.05, 0) is 46.3 Å². The summed E-state index contributed by atoms with van der Waals surface area (Å²) in [4.78, 5) is 11.6. The average molecular weight is 363 g/mol. The minimum absolute atomic E-state index is 0.0721.